The summed E-state index contributed by atoms with van der Waals surface area (Å²) in [6.45, 7) is 14.4. The third kappa shape index (κ3) is 8.35. The lowest BCUT2D eigenvalue weighted by atomic mass is 9.70. The molecule has 14 atom stereocenters. The van der Waals surface area contributed by atoms with E-state index in [4.69, 9.17) is 29.4 Å². The highest BCUT2D eigenvalue weighted by molar-refractivity contribution is 8.00. The number of rotatable bonds is 9. The summed E-state index contributed by atoms with van der Waals surface area (Å²) in [7, 11) is 5.22. The number of aliphatic hydroxyl groups excluding tert-OH is 1. The molecule has 5 rings (SSSR count). The lowest BCUT2D eigenvalue weighted by molar-refractivity contribution is -0.295. The van der Waals surface area contributed by atoms with Gasteiger partial charge in [-0.25, -0.2) is 15.0 Å². The Morgan fingerprint density at radius 3 is 2.38 bits per heavy atom. The number of nitrogen functional groups attached to an aromatic ring is 1. The van der Waals surface area contributed by atoms with Gasteiger partial charge < -0.3 is 44.0 Å². The Morgan fingerprint density at radius 1 is 1.04 bits per heavy atom. The van der Waals surface area contributed by atoms with Crippen molar-refractivity contribution in [2.45, 2.75) is 134 Å². The molecular formula is C39H60N6O10S. The average Bonchev–Trinajstić information content (AvgIpc) is 3.69. The Kier molecular flexibility index (Phi) is 13.6. The minimum Gasteiger partial charge on any atom is -0.458 e. The normalized spacial score (nSPS) is 39.0. The number of Topliss-reactive ketones (excluding diaryl/α,β-unsaturated/α-hetero) is 2. The van der Waals surface area contributed by atoms with Gasteiger partial charge >= 0.3 is 11.9 Å². The van der Waals surface area contributed by atoms with E-state index in [9.17, 15) is 24.3 Å². The Balaban J connectivity index is 1.50. The molecule has 3 unspecified atom stereocenters. The van der Waals surface area contributed by atoms with E-state index in [1.54, 1.807) is 40.9 Å². The Bertz CT molecular complexity index is 1760. The molecule has 3 aliphatic rings. The van der Waals surface area contributed by atoms with Gasteiger partial charge in [0, 0.05) is 49.1 Å². The lowest BCUT2D eigenvalue weighted by Crippen LogP contribution is -2.59. The molecule has 0 radical (unpaired) electrons. The molecule has 312 valence electrons. The number of ketones is 2. The number of aliphatic hydroxyl groups is 1. The molecule has 16 nitrogen and oxygen atoms in total. The molecule has 3 N–H and O–H groups in total. The largest absolute Gasteiger partial charge is 0.458 e. The van der Waals surface area contributed by atoms with E-state index in [-0.39, 0.29) is 36.6 Å². The predicted molar refractivity (Wildman–Crippen MR) is 208 cm³/mol. The molecule has 0 saturated carbocycles. The number of ether oxygens (including phenoxy) is 5. The van der Waals surface area contributed by atoms with Crippen LogP contribution >= 0.6 is 11.8 Å². The molecule has 2 aromatic rings. The molecule has 0 aromatic carbocycles. The number of aryl methyl sites for hydroxylation is 1. The van der Waals surface area contributed by atoms with Crippen LogP contribution in [-0.2, 0) is 49.4 Å². The van der Waals surface area contributed by atoms with Crippen LogP contribution in [-0.4, -0.2) is 133 Å². The van der Waals surface area contributed by atoms with Crippen molar-refractivity contribution in [1.29, 1.82) is 0 Å². The van der Waals surface area contributed by atoms with E-state index < -0.39 is 88.4 Å². The van der Waals surface area contributed by atoms with Crippen molar-refractivity contribution in [3.8, 4) is 0 Å². The maximum atomic E-state index is 14.7. The fourth-order valence-corrected chi connectivity index (χ4v) is 10.5. The molecule has 0 bridgehead atoms. The van der Waals surface area contributed by atoms with Crippen molar-refractivity contribution in [3.05, 3.63) is 12.7 Å². The second-order valence-corrected chi connectivity index (χ2v) is 17.7. The van der Waals surface area contributed by atoms with E-state index in [0.717, 1.165) is 0 Å². The fraction of sp³-hybridized carbons (Fsp3) is 0.769. The molecule has 17 heteroatoms. The van der Waals surface area contributed by atoms with Crippen LogP contribution in [0.5, 0.6) is 0 Å². The smallest absolute Gasteiger partial charge is 0.320 e. The quantitative estimate of drug-likeness (QED) is 0.276. The number of anilines is 1. The number of methoxy groups -OCH3 is 1. The minimum absolute atomic E-state index is 0.120. The van der Waals surface area contributed by atoms with Crippen LogP contribution in [0.25, 0.3) is 11.2 Å². The van der Waals surface area contributed by atoms with Gasteiger partial charge in [-0.3, -0.25) is 19.2 Å². The number of cyclic esters (lactones) is 1. The number of thioether (sulfide) groups is 1. The first kappa shape index (κ1) is 43.9. The van der Waals surface area contributed by atoms with Crippen molar-refractivity contribution < 1.29 is 48.0 Å². The first-order valence-corrected chi connectivity index (χ1v) is 20.6. The third-order valence-corrected chi connectivity index (χ3v) is 13.6. The van der Waals surface area contributed by atoms with Gasteiger partial charge in [0.2, 0.25) is 0 Å². The zero-order valence-corrected chi connectivity index (χ0v) is 35.3. The van der Waals surface area contributed by atoms with Gasteiger partial charge in [-0.05, 0) is 61.1 Å². The number of imidazole rings is 1. The summed E-state index contributed by atoms with van der Waals surface area (Å²) in [4.78, 5) is 71.4. The molecule has 0 aliphatic carbocycles. The number of carbonyl (C=O) groups is 4. The van der Waals surface area contributed by atoms with Crippen LogP contribution in [0.2, 0.25) is 0 Å². The number of nitrogens with zero attached hydrogens (tertiary/aromatic N) is 5. The topological polar surface area (TPSA) is 208 Å². The number of fused-ring (bicyclic) bond motifs is 2. The van der Waals surface area contributed by atoms with E-state index in [1.807, 2.05) is 37.4 Å². The molecule has 2 aromatic heterocycles. The number of likely N-dealkylation sites (N-methyl/N-ethyl adjacent to an activating group) is 1. The van der Waals surface area contributed by atoms with E-state index in [0.29, 0.717) is 29.9 Å². The van der Waals surface area contributed by atoms with Crippen LogP contribution in [0.15, 0.2) is 12.7 Å². The predicted octanol–water partition coefficient (Wildman–Crippen LogP) is 3.07. The molecule has 3 fully saturated rings. The van der Waals surface area contributed by atoms with Crippen LogP contribution < -0.4 is 5.73 Å². The summed E-state index contributed by atoms with van der Waals surface area (Å²) >= 11 is 1.35. The zero-order valence-electron chi connectivity index (χ0n) is 34.5. The Labute approximate surface area is 333 Å². The number of aromatic nitrogens is 4. The van der Waals surface area contributed by atoms with Crippen LogP contribution in [0, 0.1) is 29.6 Å². The summed E-state index contributed by atoms with van der Waals surface area (Å²) < 4.78 is 33.0. The van der Waals surface area contributed by atoms with Gasteiger partial charge in [0.15, 0.2) is 29.1 Å². The zero-order chi connectivity index (χ0) is 41.4. The van der Waals surface area contributed by atoms with Crippen molar-refractivity contribution in [3.63, 3.8) is 0 Å². The number of hydrogen-bond donors (Lipinski definition) is 2. The van der Waals surface area contributed by atoms with Crippen LogP contribution in [0.3, 0.4) is 0 Å². The number of nitrogens with two attached hydrogens (primary N) is 1. The van der Waals surface area contributed by atoms with Gasteiger partial charge in [0.25, 0.3) is 0 Å². The minimum atomic E-state index is -1.39. The van der Waals surface area contributed by atoms with Gasteiger partial charge in [-0.1, -0.05) is 27.7 Å². The lowest BCUT2D eigenvalue weighted by Gasteiger charge is -2.47. The van der Waals surface area contributed by atoms with E-state index >= 15 is 0 Å². The second-order valence-electron chi connectivity index (χ2n) is 16.5. The maximum Gasteiger partial charge on any atom is 0.320 e. The second kappa shape index (κ2) is 17.3. The SMILES string of the molecule is CC[C@H]1OC(=O)[C@H](C)C(=O)[C@H](C)[C@@H](O[C@@H]2O[C@H](C)C[C@H](N(C)C)[C@H]2O)[C@](C)(OC)C[C@@H](C)C(=O)C(C)C2C(SCCn3cnc4c(N)ncnc43)C(=O)O[C@@]21C. The highest BCUT2D eigenvalue weighted by Gasteiger charge is 2.61. The first-order chi connectivity index (χ1) is 26.3. The summed E-state index contributed by atoms with van der Waals surface area (Å²) in [5.74, 6) is -5.52. The molecule has 5 heterocycles. The average molecular weight is 805 g/mol. The summed E-state index contributed by atoms with van der Waals surface area (Å²) in [6.07, 6.45) is -0.537. The summed E-state index contributed by atoms with van der Waals surface area (Å²) in [6, 6.07) is -0.285. The van der Waals surface area contributed by atoms with Gasteiger partial charge in [0.1, 0.15) is 41.0 Å². The highest BCUT2D eigenvalue weighted by atomic mass is 32.2. The van der Waals surface area contributed by atoms with Gasteiger partial charge in [-0.15, -0.1) is 11.8 Å². The number of carbonyl (C=O) groups excluding carboxylic acids is 4. The molecule has 56 heavy (non-hydrogen) atoms. The van der Waals surface area contributed by atoms with E-state index in [1.165, 1.54) is 32.1 Å². The molecule has 3 aliphatic heterocycles. The monoisotopic (exact) mass is 804 g/mol. The number of hydrogen-bond acceptors (Lipinski definition) is 16. The first-order valence-electron chi connectivity index (χ1n) is 19.5. The maximum absolute atomic E-state index is 14.7. The fourth-order valence-electron chi connectivity index (χ4n) is 9.09. The molecule has 0 spiro atoms. The molecule has 0 amide bonds. The van der Waals surface area contributed by atoms with Crippen molar-refractivity contribution >= 4 is 52.2 Å². The highest BCUT2D eigenvalue weighted by Crippen LogP contribution is 2.49. The number of esters is 2. The Morgan fingerprint density at radius 2 is 1.73 bits per heavy atom. The third-order valence-electron chi connectivity index (χ3n) is 12.4. The summed E-state index contributed by atoms with van der Waals surface area (Å²) in [5, 5.41) is 10.6. The molecular weight excluding hydrogens is 745 g/mol. The summed E-state index contributed by atoms with van der Waals surface area (Å²) in [5.41, 5.74) is 4.35. The van der Waals surface area contributed by atoms with Crippen molar-refractivity contribution in [2.24, 2.45) is 29.6 Å². The van der Waals surface area contributed by atoms with Crippen LogP contribution in [0.4, 0.5) is 5.82 Å². The standard InChI is InChI=1S/C39H60N6O10S/c1-12-25-39(8)26(31(36(50)55-39)56-14-13-45-18-43-27-33(40)41-17-42-34(27)45)21(4)28(46)19(2)16-38(7,51-11)32(22(5)29(47)23(6)35(49)53-25)54-37-30(48)24(44(9)10)15-20(3)52-37/h17-26,30-32,37,48H,12-16H2,1-11H3,(H2,40,41,42)/t19-,20-,21?,22+,23-,24+,25-,26?,30-,31?,32-,37+,38-,39-/m1/s1. The van der Waals surface area contributed by atoms with Crippen molar-refractivity contribution in [1.82, 2.24) is 24.4 Å². The van der Waals surface area contributed by atoms with Crippen molar-refractivity contribution in [2.75, 3.05) is 32.7 Å². The van der Waals surface area contributed by atoms with E-state index in [2.05, 4.69) is 15.0 Å². The van der Waals surface area contributed by atoms with Gasteiger partial charge in [0.05, 0.1) is 24.1 Å². The molecule has 3 saturated heterocycles. The Hall–Kier alpha value is -3.22. The van der Waals surface area contributed by atoms with Crippen LogP contribution in [0.1, 0.15) is 74.7 Å². The van der Waals surface area contributed by atoms with Gasteiger partial charge in [-0.2, -0.15) is 0 Å².